The fraction of sp³-hybridized carbons (Fsp3) is 0.0714. The van der Waals surface area contributed by atoms with Crippen LogP contribution in [0.5, 0.6) is 5.75 Å². The van der Waals surface area contributed by atoms with Gasteiger partial charge in [0.2, 0.25) is 5.78 Å². The Balaban J connectivity index is 2.15. The van der Waals surface area contributed by atoms with Crippen molar-refractivity contribution in [1.82, 2.24) is 0 Å². The van der Waals surface area contributed by atoms with Gasteiger partial charge in [0, 0.05) is 0 Å². The van der Waals surface area contributed by atoms with Crippen LogP contribution in [0.2, 0.25) is 0 Å². The molecule has 2 aromatic rings. The van der Waals surface area contributed by atoms with Crippen LogP contribution in [0, 0.1) is 11.6 Å². The molecule has 0 unspecified atom stereocenters. The molecular weight excluding hydrogens is 318 g/mol. The van der Waals surface area contributed by atoms with Crippen molar-refractivity contribution in [3.8, 4) is 5.75 Å². The van der Waals surface area contributed by atoms with Crippen LogP contribution < -0.4 is 4.74 Å². The van der Waals surface area contributed by atoms with Gasteiger partial charge in [0.05, 0.1) is 10.0 Å². The topological polar surface area (TPSA) is 26.3 Å². The molecular formula is C14H9BrF2O2. The van der Waals surface area contributed by atoms with E-state index in [1.165, 1.54) is 6.07 Å². The van der Waals surface area contributed by atoms with Crippen molar-refractivity contribution >= 4 is 21.7 Å². The third-order valence-corrected chi connectivity index (χ3v) is 3.05. The molecule has 0 bridgehead atoms. The molecule has 0 N–H and O–H groups in total. The third-order valence-electron chi connectivity index (χ3n) is 2.44. The van der Waals surface area contributed by atoms with E-state index >= 15 is 0 Å². The predicted molar refractivity (Wildman–Crippen MR) is 70.3 cm³/mol. The summed E-state index contributed by atoms with van der Waals surface area (Å²) in [6.45, 7) is -0.422. The maximum Gasteiger partial charge on any atom is 0.206 e. The van der Waals surface area contributed by atoms with E-state index in [1.807, 2.05) is 0 Å². The first-order valence-electron chi connectivity index (χ1n) is 5.44. The number of ketones is 1. The molecule has 0 fully saturated rings. The minimum Gasteiger partial charge on any atom is -0.485 e. The van der Waals surface area contributed by atoms with Crippen molar-refractivity contribution in [3.63, 3.8) is 0 Å². The number of hydrogen-bond acceptors (Lipinski definition) is 2. The van der Waals surface area contributed by atoms with Crippen LogP contribution in [0.25, 0.3) is 0 Å². The molecule has 98 valence electrons. The van der Waals surface area contributed by atoms with Gasteiger partial charge < -0.3 is 4.74 Å². The second-order valence-electron chi connectivity index (χ2n) is 3.74. The normalized spacial score (nSPS) is 10.3. The van der Waals surface area contributed by atoms with Crippen molar-refractivity contribution in [2.45, 2.75) is 0 Å². The summed E-state index contributed by atoms with van der Waals surface area (Å²) in [7, 11) is 0. The Morgan fingerprint density at radius 3 is 2.47 bits per heavy atom. The maximum absolute atomic E-state index is 13.7. The molecule has 2 rings (SSSR count). The molecule has 5 heteroatoms. The zero-order valence-corrected chi connectivity index (χ0v) is 11.3. The first kappa shape index (κ1) is 13.7. The molecule has 0 saturated heterocycles. The summed E-state index contributed by atoms with van der Waals surface area (Å²) in [5, 5.41) is 0. The van der Waals surface area contributed by atoms with E-state index in [9.17, 15) is 13.6 Å². The lowest BCUT2D eigenvalue weighted by Gasteiger charge is -2.07. The zero-order chi connectivity index (χ0) is 13.8. The van der Waals surface area contributed by atoms with Gasteiger partial charge in [-0.3, -0.25) is 4.79 Å². The van der Waals surface area contributed by atoms with Gasteiger partial charge in [-0.05, 0) is 40.2 Å². The standard InChI is InChI=1S/C14H9BrF2O2/c15-10-6-7-11(16)13(14(10)17)12(18)8-19-9-4-2-1-3-5-9/h1-7H,8H2. The van der Waals surface area contributed by atoms with Gasteiger partial charge in [0.25, 0.3) is 0 Å². The fourth-order valence-corrected chi connectivity index (χ4v) is 1.85. The van der Waals surface area contributed by atoms with E-state index in [0.29, 0.717) is 5.75 Å². The Kier molecular flexibility index (Phi) is 4.27. The van der Waals surface area contributed by atoms with E-state index in [4.69, 9.17) is 4.74 Å². The predicted octanol–water partition coefficient (Wildman–Crippen LogP) is 3.99. The highest BCUT2D eigenvalue weighted by Crippen LogP contribution is 2.22. The molecule has 0 atom stereocenters. The Labute approximate surface area is 117 Å². The van der Waals surface area contributed by atoms with Crippen LogP contribution >= 0.6 is 15.9 Å². The van der Waals surface area contributed by atoms with Crippen molar-refractivity contribution in [3.05, 3.63) is 64.1 Å². The summed E-state index contributed by atoms with van der Waals surface area (Å²) < 4.78 is 32.4. The van der Waals surface area contributed by atoms with Gasteiger partial charge in [-0.15, -0.1) is 0 Å². The van der Waals surface area contributed by atoms with Gasteiger partial charge in [0.15, 0.2) is 12.4 Å². The monoisotopic (exact) mass is 326 g/mol. The Morgan fingerprint density at radius 1 is 1.11 bits per heavy atom. The average molecular weight is 327 g/mol. The smallest absolute Gasteiger partial charge is 0.206 e. The van der Waals surface area contributed by atoms with Gasteiger partial charge in [0.1, 0.15) is 11.6 Å². The molecule has 2 aromatic carbocycles. The lowest BCUT2D eigenvalue weighted by Crippen LogP contribution is -2.15. The number of para-hydroxylation sites is 1. The summed E-state index contributed by atoms with van der Waals surface area (Å²) in [4.78, 5) is 11.8. The minimum atomic E-state index is -0.915. The second kappa shape index (κ2) is 5.93. The molecule has 0 saturated carbocycles. The summed E-state index contributed by atoms with van der Waals surface area (Å²) in [6.07, 6.45) is 0. The molecule has 19 heavy (non-hydrogen) atoms. The quantitative estimate of drug-likeness (QED) is 0.627. The van der Waals surface area contributed by atoms with Crippen LogP contribution in [0.1, 0.15) is 10.4 Å². The average Bonchev–Trinajstić information content (AvgIpc) is 2.42. The largest absolute Gasteiger partial charge is 0.485 e. The van der Waals surface area contributed by atoms with Crippen LogP contribution in [0.15, 0.2) is 46.9 Å². The lowest BCUT2D eigenvalue weighted by molar-refractivity contribution is 0.0913. The van der Waals surface area contributed by atoms with Gasteiger partial charge >= 0.3 is 0 Å². The van der Waals surface area contributed by atoms with E-state index in [2.05, 4.69) is 15.9 Å². The van der Waals surface area contributed by atoms with Crippen molar-refractivity contribution in [2.75, 3.05) is 6.61 Å². The summed E-state index contributed by atoms with van der Waals surface area (Å²) in [6, 6.07) is 10.8. The highest BCUT2D eigenvalue weighted by molar-refractivity contribution is 9.10. The number of ether oxygens (including phenoxy) is 1. The molecule has 2 nitrogen and oxygen atoms in total. The highest BCUT2D eigenvalue weighted by atomic mass is 79.9. The Morgan fingerprint density at radius 2 is 1.79 bits per heavy atom. The van der Waals surface area contributed by atoms with Crippen molar-refractivity contribution < 1.29 is 18.3 Å². The number of hydrogen-bond donors (Lipinski definition) is 0. The summed E-state index contributed by atoms with van der Waals surface area (Å²) in [5.41, 5.74) is -0.592. The minimum absolute atomic E-state index is 0.0389. The number of carbonyl (C=O) groups excluding carboxylic acids is 1. The van der Waals surface area contributed by atoms with Crippen LogP contribution in [-0.4, -0.2) is 12.4 Å². The molecule has 0 aliphatic carbocycles. The SMILES string of the molecule is O=C(COc1ccccc1)c1c(F)ccc(Br)c1F. The second-order valence-corrected chi connectivity index (χ2v) is 4.60. The Bertz CT molecular complexity index is 600. The van der Waals surface area contributed by atoms with Crippen LogP contribution in [0.3, 0.4) is 0 Å². The van der Waals surface area contributed by atoms with E-state index in [-0.39, 0.29) is 4.47 Å². The number of benzene rings is 2. The number of rotatable bonds is 4. The summed E-state index contributed by atoms with van der Waals surface area (Å²) in [5.74, 6) is -2.10. The highest BCUT2D eigenvalue weighted by Gasteiger charge is 2.20. The molecule has 0 aliphatic rings. The van der Waals surface area contributed by atoms with Crippen molar-refractivity contribution in [2.24, 2.45) is 0 Å². The number of carbonyl (C=O) groups is 1. The maximum atomic E-state index is 13.7. The number of halogens is 3. The van der Waals surface area contributed by atoms with Gasteiger partial charge in [-0.25, -0.2) is 8.78 Å². The molecule has 0 radical (unpaired) electrons. The molecule has 0 heterocycles. The fourth-order valence-electron chi connectivity index (χ4n) is 1.52. The van der Waals surface area contributed by atoms with Crippen LogP contribution in [0.4, 0.5) is 8.78 Å². The zero-order valence-electron chi connectivity index (χ0n) is 9.70. The van der Waals surface area contributed by atoms with Gasteiger partial charge in [-0.1, -0.05) is 18.2 Å². The first-order chi connectivity index (χ1) is 9.09. The van der Waals surface area contributed by atoms with Crippen molar-refractivity contribution in [1.29, 1.82) is 0 Å². The first-order valence-corrected chi connectivity index (χ1v) is 6.23. The molecule has 0 aromatic heterocycles. The van der Waals surface area contributed by atoms with E-state index in [0.717, 1.165) is 6.07 Å². The molecule has 0 spiro atoms. The molecule has 0 aliphatic heterocycles. The lowest BCUT2D eigenvalue weighted by atomic mass is 10.1. The third kappa shape index (κ3) is 3.17. The Hall–Kier alpha value is -1.75. The van der Waals surface area contributed by atoms with Gasteiger partial charge in [-0.2, -0.15) is 0 Å². The van der Waals surface area contributed by atoms with E-state index < -0.39 is 29.6 Å². The summed E-state index contributed by atoms with van der Waals surface area (Å²) >= 11 is 2.91. The number of Topliss-reactive ketones (excluding diaryl/α,β-unsaturated/α-hetero) is 1. The van der Waals surface area contributed by atoms with Crippen LogP contribution in [-0.2, 0) is 0 Å². The van der Waals surface area contributed by atoms with E-state index in [1.54, 1.807) is 30.3 Å². The molecule has 0 amide bonds.